The second-order valence-corrected chi connectivity index (χ2v) is 9.49. The summed E-state index contributed by atoms with van der Waals surface area (Å²) in [4.78, 5) is 37.7. The molecular formula is C27H25FN4O3S. The van der Waals surface area contributed by atoms with Crippen LogP contribution in [-0.4, -0.2) is 45.9 Å². The van der Waals surface area contributed by atoms with Crippen molar-refractivity contribution in [2.75, 3.05) is 18.4 Å². The van der Waals surface area contributed by atoms with E-state index in [4.69, 9.17) is 9.72 Å². The molecule has 0 saturated heterocycles. The zero-order chi connectivity index (χ0) is 25.2. The normalized spacial score (nSPS) is 14.3. The zero-order valence-electron chi connectivity index (χ0n) is 20.0. The molecule has 1 amide bonds. The summed E-state index contributed by atoms with van der Waals surface area (Å²) in [6.07, 6.45) is -0.283. The van der Waals surface area contributed by atoms with E-state index in [1.807, 2.05) is 24.3 Å². The van der Waals surface area contributed by atoms with Gasteiger partial charge in [-0.15, -0.1) is 11.3 Å². The molecule has 0 fully saturated rings. The summed E-state index contributed by atoms with van der Waals surface area (Å²) < 4.78 is 18.8. The molecule has 0 saturated carbocycles. The van der Waals surface area contributed by atoms with E-state index in [1.165, 1.54) is 30.4 Å². The van der Waals surface area contributed by atoms with Gasteiger partial charge >= 0.3 is 5.97 Å². The lowest BCUT2D eigenvalue weighted by Crippen LogP contribution is -2.34. The molecule has 2 aromatic carbocycles. The van der Waals surface area contributed by atoms with E-state index in [1.54, 1.807) is 17.5 Å². The Hall–Kier alpha value is -3.69. The minimum Gasteiger partial charge on any atom is -0.449 e. The number of benzene rings is 2. The predicted molar refractivity (Wildman–Crippen MR) is 137 cm³/mol. The van der Waals surface area contributed by atoms with Crippen LogP contribution in [0.25, 0.3) is 22.2 Å². The van der Waals surface area contributed by atoms with E-state index in [0.29, 0.717) is 22.9 Å². The molecule has 184 valence electrons. The first kappa shape index (κ1) is 24.0. The number of rotatable bonds is 6. The molecule has 2 aromatic heterocycles. The van der Waals surface area contributed by atoms with Crippen LogP contribution in [0.5, 0.6) is 0 Å². The molecule has 1 aliphatic heterocycles. The number of para-hydroxylation sites is 1. The van der Waals surface area contributed by atoms with Crippen LogP contribution in [0.15, 0.2) is 53.9 Å². The smallest absolute Gasteiger partial charge is 0.339 e. The van der Waals surface area contributed by atoms with Gasteiger partial charge in [-0.1, -0.05) is 25.1 Å². The van der Waals surface area contributed by atoms with E-state index < -0.39 is 18.0 Å². The number of hydrogen-bond acceptors (Lipinski definition) is 7. The molecule has 9 heteroatoms. The molecule has 0 radical (unpaired) electrons. The molecule has 5 rings (SSSR count). The van der Waals surface area contributed by atoms with Gasteiger partial charge in [-0.2, -0.15) is 0 Å². The summed E-state index contributed by atoms with van der Waals surface area (Å²) in [6.45, 7) is 5.99. The number of hydrogen-bond donors (Lipinski definition) is 1. The van der Waals surface area contributed by atoms with Crippen LogP contribution in [0.4, 0.5) is 9.52 Å². The number of thiazole rings is 1. The molecule has 1 N–H and O–H groups in total. The lowest BCUT2D eigenvalue weighted by Gasteiger charge is -2.29. The van der Waals surface area contributed by atoms with Crippen molar-refractivity contribution in [3.8, 4) is 11.3 Å². The molecule has 0 spiro atoms. The number of carbonyl (C=O) groups is 2. The van der Waals surface area contributed by atoms with Gasteiger partial charge in [-0.3, -0.25) is 20.0 Å². The second-order valence-electron chi connectivity index (χ2n) is 8.63. The minimum atomic E-state index is -1.04. The second kappa shape index (κ2) is 10.1. The number of likely N-dealkylation sites (N-methyl/N-ethyl adjacent to an activating group) is 1. The summed E-state index contributed by atoms with van der Waals surface area (Å²) in [5.41, 5.74) is 4.34. The van der Waals surface area contributed by atoms with Gasteiger partial charge in [0.15, 0.2) is 11.2 Å². The van der Waals surface area contributed by atoms with Gasteiger partial charge in [0.25, 0.3) is 5.91 Å². The van der Waals surface area contributed by atoms with Gasteiger partial charge in [0.2, 0.25) is 0 Å². The molecule has 7 nitrogen and oxygen atoms in total. The van der Waals surface area contributed by atoms with Crippen molar-refractivity contribution in [2.45, 2.75) is 32.9 Å². The van der Waals surface area contributed by atoms with E-state index in [9.17, 15) is 14.0 Å². The number of anilines is 1. The van der Waals surface area contributed by atoms with Gasteiger partial charge in [0.05, 0.1) is 16.8 Å². The van der Waals surface area contributed by atoms with Crippen LogP contribution in [0.3, 0.4) is 0 Å². The van der Waals surface area contributed by atoms with Gasteiger partial charge in [-0.05, 0) is 43.8 Å². The molecule has 1 aliphatic rings. The Morgan fingerprint density at radius 2 is 1.94 bits per heavy atom. The number of carbonyl (C=O) groups excluding carboxylic acids is 2. The van der Waals surface area contributed by atoms with Crippen molar-refractivity contribution in [2.24, 2.45) is 0 Å². The maximum atomic E-state index is 13.4. The molecule has 36 heavy (non-hydrogen) atoms. The fraction of sp³-hybridized carbons (Fsp3) is 0.259. The molecule has 1 unspecified atom stereocenters. The highest BCUT2D eigenvalue weighted by Gasteiger charge is 2.28. The third kappa shape index (κ3) is 4.84. The average molecular weight is 505 g/mol. The third-order valence-electron chi connectivity index (χ3n) is 6.30. The highest BCUT2D eigenvalue weighted by atomic mass is 32.1. The van der Waals surface area contributed by atoms with Crippen molar-refractivity contribution in [1.82, 2.24) is 14.9 Å². The fourth-order valence-corrected chi connectivity index (χ4v) is 5.04. The Labute approximate surface area is 211 Å². The van der Waals surface area contributed by atoms with Gasteiger partial charge in [0, 0.05) is 47.1 Å². The Bertz CT molecular complexity index is 1440. The van der Waals surface area contributed by atoms with E-state index in [0.717, 1.165) is 47.2 Å². The van der Waals surface area contributed by atoms with Crippen LogP contribution in [0.1, 0.15) is 35.5 Å². The number of fused-ring (bicyclic) bond motifs is 2. The number of halogens is 1. The summed E-state index contributed by atoms with van der Waals surface area (Å²) in [7, 11) is 0. The number of nitrogens with zero attached hydrogens (tertiary/aromatic N) is 3. The summed E-state index contributed by atoms with van der Waals surface area (Å²) >= 11 is 1.24. The van der Waals surface area contributed by atoms with Crippen molar-refractivity contribution in [3.05, 3.63) is 76.5 Å². The van der Waals surface area contributed by atoms with E-state index in [2.05, 4.69) is 22.1 Å². The van der Waals surface area contributed by atoms with Crippen molar-refractivity contribution in [3.63, 3.8) is 0 Å². The maximum Gasteiger partial charge on any atom is 0.339 e. The molecule has 1 atom stereocenters. The minimum absolute atomic E-state index is 0.330. The number of pyridine rings is 1. The highest BCUT2D eigenvalue weighted by Crippen LogP contribution is 2.29. The topological polar surface area (TPSA) is 84.4 Å². The average Bonchev–Trinajstić information content (AvgIpc) is 3.35. The SMILES string of the molecule is CCN1CCc2nc3ccccc3c(C(=O)OC(C)C(=O)Nc3nc(-c4ccc(F)cc4)cs3)c2C1. The van der Waals surface area contributed by atoms with Crippen LogP contribution >= 0.6 is 11.3 Å². The summed E-state index contributed by atoms with van der Waals surface area (Å²) in [5.74, 6) is -1.36. The Morgan fingerprint density at radius 3 is 2.72 bits per heavy atom. The van der Waals surface area contributed by atoms with Crippen LogP contribution in [-0.2, 0) is 22.5 Å². The fourth-order valence-electron chi connectivity index (χ4n) is 4.31. The Morgan fingerprint density at radius 1 is 1.17 bits per heavy atom. The number of amides is 1. The molecule has 3 heterocycles. The monoisotopic (exact) mass is 504 g/mol. The maximum absolute atomic E-state index is 13.4. The first-order valence-corrected chi connectivity index (χ1v) is 12.7. The van der Waals surface area contributed by atoms with Crippen LogP contribution in [0, 0.1) is 5.82 Å². The Kier molecular flexibility index (Phi) is 6.75. The van der Waals surface area contributed by atoms with Crippen molar-refractivity contribution >= 4 is 39.2 Å². The molecule has 4 aromatic rings. The molecular weight excluding hydrogens is 479 g/mol. The first-order chi connectivity index (χ1) is 17.4. The number of esters is 1. The Balaban J connectivity index is 1.34. The molecule has 0 aliphatic carbocycles. The number of aromatic nitrogens is 2. The third-order valence-corrected chi connectivity index (χ3v) is 7.06. The largest absolute Gasteiger partial charge is 0.449 e. The van der Waals surface area contributed by atoms with E-state index in [-0.39, 0.29) is 5.82 Å². The lowest BCUT2D eigenvalue weighted by atomic mass is 9.95. The number of ether oxygens (including phenoxy) is 1. The summed E-state index contributed by atoms with van der Waals surface area (Å²) in [5, 5.41) is 5.57. The van der Waals surface area contributed by atoms with E-state index >= 15 is 0 Å². The standard InChI is InChI=1S/C27H25FN4O3S/c1-3-32-13-12-22-20(14-32)24(19-6-4-5-7-21(19)29-22)26(34)35-16(2)25(33)31-27-30-23(15-36-27)17-8-10-18(28)11-9-17/h4-11,15-16H,3,12-14H2,1-2H3,(H,30,31,33). The van der Waals surface area contributed by atoms with Crippen LogP contribution < -0.4 is 5.32 Å². The van der Waals surface area contributed by atoms with Gasteiger partial charge in [-0.25, -0.2) is 14.2 Å². The number of nitrogens with one attached hydrogen (secondary N) is 1. The van der Waals surface area contributed by atoms with Gasteiger partial charge < -0.3 is 4.74 Å². The molecule has 0 bridgehead atoms. The highest BCUT2D eigenvalue weighted by molar-refractivity contribution is 7.14. The predicted octanol–water partition coefficient (Wildman–Crippen LogP) is 5.06. The van der Waals surface area contributed by atoms with Crippen molar-refractivity contribution in [1.29, 1.82) is 0 Å². The first-order valence-electron chi connectivity index (χ1n) is 11.8. The van der Waals surface area contributed by atoms with Gasteiger partial charge in [0.1, 0.15) is 5.82 Å². The van der Waals surface area contributed by atoms with Crippen LogP contribution in [0.2, 0.25) is 0 Å². The quantitative estimate of drug-likeness (QED) is 0.370. The van der Waals surface area contributed by atoms with Crippen molar-refractivity contribution < 1.29 is 18.7 Å². The summed E-state index contributed by atoms with van der Waals surface area (Å²) in [6, 6.07) is 13.5. The lowest BCUT2D eigenvalue weighted by molar-refractivity contribution is -0.123. The zero-order valence-corrected chi connectivity index (χ0v) is 20.8.